The molecule has 1 unspecified atom stereocenters. The molecule has 2 saturated heterocycles. The second-order valence-electron chi connectivity index (χ2n) is 7.06. The molecule has 1 aromatic rings. The highest BCUT2D eigenvalue weighted by atomic mass is 32.2. The van der Waals surface area contributed by atoms with Gasteiger partial charge in [-0.15, -0.1) is 0 Å². The fourth-order valence-electron chi connectivity index (χ4n) is 3.18. The van der Waals surface area contributed by atoms with Crippen LogP contribution in [0.2, 0.25) is 0 Å². The van der Waals surface area contributed by atoms with E-state index in [1.165, 1.54) is 10.6 Å². The van der Waals surface area contributed by atoms with Gasteiger partial charge in [0.25, 0.3) is 5.97 Å². The van der Waals surface area contributed by atoms with Crippen molar-refractivity contribution in [1.29, 1.82) is 5.41 Å². The number of benzene rings is 1. The normalized spacial score (nSPS) is 20.3. The summed E-state index contributed by atoms with van der Waals surface area (Å²) in [4.78, 5) is 24.8. The largest absolute Gasteiger partial charge is 0.481 e. The summed E-state index contributed by atoms with van der Waals surface area (Å²) in [5, 5.41) is 14.8. The molecule has 3 rings (SSSR count). The summed E-state index contributed by atoms with van der Waals surface area (Å²) in [6.07, 6.45) is 0.552. The molecule has 2 aliphatic rings. The number of nitrogens with zero attached hydrogens (tertiary/aromatic N) is 3. The van der Waals surface area contributed by atoms with E-state index in [4.69, 9.17) is 25.8 Å². The number of amides is 1. The number of carbonyl (C=O) groups excluding carboxylic acids is 1. The highest BCUT2D eigenvalue weighted by molar-refractivity contribution is 7.88. The van der Waals surface area contributed by atoms with Crippen molar-refractivity contribution in [3.05, 3.63) is 29.8 Å². The number of piperazine rings is 1. The summed E-state index contributed by atoms with van der Waals surface area (Å²) in [6.45, 7) is 4.24. The lowest BCUT2D eigenvalue weighted by Gasteiger charge is -2.33. The minimum absolute atomic E-state index is 0.0216. The number of amidine groups is 1. The van der Waals surface area contributed by atoms with Crippen LogP contribution in [0.4, 0.5) is 10.5 Å². The summed E-state index contributed by atoms with van der Waals surface area (Å²) in [5.41, 5.74) is 6.74. The van der Waals surface area contributed by atoms with Crippen LogP contribution in [0.25, 0.3) is 0 Å². The zero-order valence-corrected chi connectivity index (χ0v) is 17.8. The molecule has 1 amide bonds. The molecular weight excluding hydrogens is 414 g/mol. The van der Waals surface area contributed by atoms with Gasteiger partial charge in [0.15, 0.2) is 0 Å². The van der Waals surface area contributed by atoms with Crippen LogP contribution in [0.15, 0.2) is 24.3 Å². The van der Waals surface area contributed by atoms with Crippen molar-refractivity contribution in [2.75, 3.05) is 50.4 Å². The minimum Gasteiger partial charge on any atom is -0.481 e. The molecule has 0 aliphatic carbocycles. The summed E-state index contributed by atoms with van der Waals surface area (Å²) in [6, 6.07) is 6.88. The average Bonchev–Trinajstić information content (AvgIpc) is 3.01. The van der Waals surface area contributed by atoms with Crippen molar-refractivity contribution >= 4 is 33.6 Å². The monoisotopic (exact) mass is 441 g/mol. The van der Waals surface area contributed by atoms with Crippen LogP contribution < -0.4 is 10.6 Å². The second kappa shape index (κ2) is 9.87. The van der Waals surface area contributed by atoms with Crippen LogP contribution >= 0.6 is 0 Å². The molecule has 166 valence electrons. The number of hydrogen-bond donors (Lipinski definition) is 3. The summed E-state index contributed by atoms with van der Waals surface area (Å²) < 4.78 is 30.0. The first kappa shape index (κ1) is 23.6. The van der Waals surface area contributed by atoms with Gasteiger partial charge in [-0.05, 0) is 24.3 Å². The predicted molar refractivity (Wildman–Crippen MR) is 111 cm³/mol. The van der Waals surface area contributed by atoms with Crippen molar-refractivity contribution < 1.29 is 27.9 Å². The van der Waals surface area contributed by atoms with Crippen LogP contribution in [0.1, 0.15) is 12.5 Å². The Balaban J connectivity index is 0.000000735. The van der Waals surface area contributed by atoms with Gasteiger partial charge in [-0.1, -0.05) is 0 Å². The van der Waals surface area contributed by atoms with E-state index in [9.17, 15) is 13.2 Å². The first-order chi connectivity index (χ1) is 14.0. The Morgan fingerprint density at radius 1 is 1.23 bits per heavy atom. The molecule has 4 N–H and O–H groups in total. The number of sulfonamides is 1. The molecule has 0 radical (unpaired) electrons. The number of carboxylic acid groups (broad SMARTS) is 1. The van der Waals surface area contributed by atoms with Crippen LogP contribution in [-0.2, 0) is 19.6 Å². The molecule has 0 saturated carbocycles. The first-order valence-electron chi connectivity index (χ1n) is 9.27. The Morgan fingerprint density at radius 2 is 1.77 bits per heavy atom. The molecule has 11 nitrogen and oxygen atoms in total. The van der Waals surface area contributed by atoms with Crippen molar-refractivity contribution in [3.63, 3.8) is 0 Å². The third-order valence-electron chi connectivity index (χ3n) is 4.63. The number of nitrogen functional groups attached to an aromatic ring is 1. The van der Waals surface area contributed by atoms with Gasteiger partial charge in [-0.3, -0.25) is 20.0 Å². The Morgan fingerprint density at radius 3 is 2.23 bits per heavy atom. The molecule has 0 bridgehead atoms. The van der Waals surface area contributed by atoms with Gasteiger partial charge in [0, 0.05) is 50.9 Å². The zero-order valence-electron chi connectivity index (χ0n) is 16.9. The molecule has 1 atom stereocenters. The minimum atomic E-state index is -3.15. The molecule has 2 fully saturated rings. The van der Waals surface area contributed by atoms with E-state index < -0.39 is 22.1 Å². The molecule has 0 aromatic heterocycles. The number of anilines is 1. The van der Waals surface area contributed by atoms with Crippen LogP contribution in [0.5, 0.6) is 0 Å². The van der Waals surface area contributed by atoms with E-state index in [1.807, 2.05) is 0 Å². The van der Waals surface area contributed by atoms with Crippen LogP contribution in [-0.4, -0.2) is 92.3 Å². The topological polar surface area (TPSA) is 157 Å². The lowest BCUT2D eigenvalue weighted by Crippen LogP contribution is -2.50. The smallest absolute Gasteiger partial charge is 0.414 e. The van der Waals surface area contributed by atoms with Crippen molar-refractivity contribution in [1.82, 2.24) is 9.21 Å². The van der Waals surface area contributed by atoms with Crippen molar-refractivity contribution in [2.24, 2.45) is 5.73 Å². The van der Waals surface area contributed by atoms with Gasteiger partial charge in [0.05, 0.1) is 12.8 Å². The van der Waals surface area contributed by atoms with Crippen LogP contribution in [0, 0.1) is 5.41 Å². The average molecular weight is 442 g/mol. The molecular formula is C18H27N5O6S. The first-order valence-corrected chi connectivity index (χ1v) is 11.1. The third kappa shape index (κ3) is 6.68. The Labute approximate surface area is 175 Å². The fraction of sp³-hybridized carbons (Fsp3) is 0.500. The molecule has 1 aromatic carbocycles. The van der Waals surface area contributed by atoms with Crippen molar-refractivity contribution in [2.45, 2.75) is 13.0 Å². The van der Waals surface area contributed by atoms with Gasteiger partial charge in [0.2, 0.25) is 10.0 Å². The van der Waals surface area contributed by atoms with Gasteiger partial charge < -0.3 is 15.6 Å². The van der Waals surface area contributed by atoms with Gasteiger partial charge in [-0.2, -0.15) is 4.31 Å². The lowest BCUT2D eigenvalue weighted by atomic mass is 10.2. The Hall–Kier alpha value is -2.70. The number of nitrogens with two attached hydrogens (primary N) is 1. The highest BCUT2D eigenvalue weighted by Gasteiger charge is 2.34. The number of nitrogens with one attached hydrogen (secondary N) is 1. The predicted octanol–water partition coefficient (Wildman–Crippen LogP) is -0.0360. The van der Waals surface area contributed by atoms with E-state index in [1.54, 1.807) is 29.2 Å². The number of carboxylic acids is 1. The quantitative estimate of drug-likeness (QED) is 0.424. The Bertz CT molecular complexity index is 877. The summed E-state index contributed by atoms with van der Waals surface area (Å²) in [5.74, 6) is -0.855. The second-order valence-corrected chi connectivity index (χ2v) is 9.04. The number of hydrogen-bond acceptors (Lipinski definition) is 7. The fourth-order valence-corrected chi connectivity index (χ4v) is 4.01. The van der Waals surface area contributed by atoms with Crippen LogP contribution in [0.3, 0.4) is 0 Å². The third-order valence-corrected chi connectivity index (χ3v) is 5.93. The van der Waals surface area contributed by atoms with E-state index >= 15 is 0 Å². The molecule has 30 heavy (non-hydrogen) atoms. The molecule has 2 heterocycles. The maximum absolute atomic E-state index is 12.2. The lowest BCUT2D eigenvalue weighted by molar-refractivity contribution is -0.134. The van der Waals surface area contributed by atoms with E-state index in [0.717, 1.165) is 6.92 Å². The number of rotatable bonds is 5. The molecule has 12 heteroatoms. The van der Waals surface area contributed by atoms with Gasteiger partial charge in [0.1, 0.15) is 11.9 Å². The molecule has 2 aliphatic heterocycles. The SMILES string of the molecule is CC(=O)O.CS(=O)(=O)N1CCN(CC2CN(c3ccc(C(=N)N)cc3)C(=O)O2)CC1. The Kier molecular flexibility index (Phi) is 7.76. The standard InChI is InChI=1S/C16H23N5O4S.C2H4O2/c1-26(23,24)20-8-6-19(7-9-20)10-14-11-21(16(22)25-14)13-4-2-12(3-5-13)15(17)18;1-2(3)4/h2-5,14H,6-11H2,1H3,(H3,17,18);1H3,(H,3,4). The van der Waals surface area contributed by atoms with E-state index in [0.29, 0.717) is 50.5 Å². The van der Waals surface area contributed by atoms with Crippen molar-refractivity contribution in [3.8, 4) is 0 Å². The van der Waals surface area contributed by atoms with Gasteiger partial charge in [-0.25, -0.2) is 13.2 Å². The maximum Gasteiger partial charge on any atom is 0.414 e. The zero-order chi connectivity index (χ0) is 22.5. The molecule has 0 spiro atoms. The number of cyclic esters (lactones) is 1. The maximum atomic E-state index is 12.2. The summed E-state index contributed by atoms with van der Waals surface area (Å²) >= 11 is 0. The van der Waals surface area contributed by atoms with E-state index in [2.05, 4.69) is 4.90 Å². The number of carbonyl (C=O) groups is 2. The number of ether oxygens (including phenoxy) is 1. The van der Waals surface area contributed by atoms with E-state index in [-0.39, 0.29) is 11.9 Å². The highest BCUT2D eigenvalue weighted by Crippen LogP contribution is 2.23. The summed E-state index contributed by atoms with van der Waals surface area (Å²) in [7, 11) is -3.15. The van der Waals surface area contributed by atoms with Gasteiger partial charge >= 0.3 is 6.09 Å². The number of aliphatic carboxylic acids is 1.